The maximum atomic E-state index is 12.6. The van der Waals surface area contributed by atoms with Gasteiger partial charge in [0.1, 0.15) is 18.7 Å². The summed E-state index contributed by atoms with van der Waals surface area (Å²) in [5, 5.41) is 2.80. The zero-order valence-corrected chi connectivity index (χ0v) is 18.6. The average molecular weight is 451 g/mol. The van der Waals surface area contributed by atoms with Crippen molar-refractivity contribution >= 4 is 28.9 Å². The topological polar surface area (TPSA) is 117 Å². The third-order valence-electron chi connectivity index (χ3n) is 5.76. The molecule has 2 aliphatic heterocycles. The van der Waals surface area contributed by atoms with Crippen LogP contribution in [-0.2, 0) is 19.0 Å². The van der Waals surface area contributed by atoms with Crippen molar-refractivity contribution in [3.63, 3.8) is 0 Å². The number of carbonyl (C=O) groups is 2. The van der Waals surface area contributed by atoms with Gasteiger partial charge in [-0.25, -0.2) is 15.0 Å². The number of esters is 1. The Bertz CT molecular complexity index is 1190. The Morgan fingerprint density at radius 1 is 1.15 bits per heavy atom. The van der Waals surface area contributed by atoms with Crippen LogP contribution in [0.3, 0.4) is 0 Å². The number of imidazole rings is 1. The molecule has 1 amide bonds. The SMILES string of the molecule is CC(C)(C)C(=O)O[C@@H]1CO[C@@H]2C[C@H](n3cnc4c(NC(=O)c5ccccc5)ncnc43)O[C@@H]21. The quantitative estimate of drug-likeness (QED) is 0.602. The molecule has 172 valence electrons. The summed E-state index contributed by atoms with van der Waals surface area (Å²) >= 11 is 0. The van der Waals surface area contributed by atoms with Gasteiger partial charge >= 0.3 is 5.97 Å². The molecule has 2 aromatic heterocycles. The van der Waals surface area contributed by atoms with Crippen molar-refractivity contribution in [1.82, 2.24) is 19.5 Å². The lowest BCUT2D eigenvalue weighted by atomic mass is 9.97. The molecular formula is C23H25N5O5. The predicted octanol–water partition coefficient (Wildman–Crippen LogP) is 2.72. The highest BCUT2D eigenvalue weighted by Gasteiger charge is 2.49. The van der Waals surface area contributed by atoms with Crippen molar-refractivity contribution < 1.29 is 23.8 Å². The van der Waals surface area contributed by atoms with Crippen molar-refractivity contribution in [2.75, 3.05) is 11.9 Å². The van der Waals surface area contributed by atoms with Crippen LogP contribution in [-0.4, -0.2) is 56.3 Å². The number of hydrogen-bond donors (Lipinski definition) is 1. The van der Waals surface area contributed by atoms with Crippen LogP contribution in [0.2, 0.25) is 0 Å². The molecule has 0 saturated carbocycles. The van der Waals surface area contributed by atoms with Crippen molar-refractivity contribution in [2.45, 2.75) is 51.7 Å². The largest absolute Gasteiger partial charge is 0.457 e. The second-order valence-electron chi connectivity index (χ2n) is 9.22. The van der Waals surface area contributed by atoms with E-state index in [2.05, 4.69) is 20.3 Å². The summed E-state index contributed by atoms with van der Waals surface area (Å²) in [4.78, 5) is 37.8. The molecule has 4 atom stereocenters. The minimum Gasteiger partial charge on any atom is -0.457 e. The molecule has 1 aromatic carbocycles. The number of amides is 1. The second-order valence-corrected chi connectivity index (χ2v) is 9.22. The zero-order chi connectivity index (χ0) is 23.2. The number of ether oxygens (including phenoxy) is 3. The summed E-state index contributed by atoms with van der Waals surface area (Å²) < 4.78 is 19.5. The zero-order valence-electron chi connectivity index (χ0n) is 18.6. The third-order valence-corrected chi connectivity index (χ3v) is 5.76. The molecule has 0 unspecified atom stereocenters. The first-order chi connectivity index (χ1) is 15.8. The van der Waals surface area contributed by atoms with Gasteiger partial charge in [0.15, 0.2) is 23.1 Å². The van der Waals surface area contributed by atoms with E-state index < -0.39 is 17.7 Å². The van der Waals surface area contributed by atoms with Gasteiger partial charge in [0.05, 0.1) is 24.5 Å². The standard InChI is InChI=1S/C23H25N5O5/c1-23(2,3)22(30)32-15-10-31-14-9-16(33-18(14)15)28-12-26-17-19(24-11-25-20(17)28)27-21(29)13-7-5-4-6-8-13/h4-8,11-12,14-16,18H,9-10H2,1-3H3,(H,24,25,27,29)/t14-,15-,16-,18+/m1/s1. The molecule has 10 heteroatoms. The molecule has 2 aliphatic rings. The van der Waals surface area contributed by atoms with Crippen LogP contribution in [0.4, 0.5) is 5.82 Å². The van der Waals surface area contributed by atoms with E-state index >= 15 is 0 Å². The Morgan fingerprint density at radius 2 is 1.94 bits per heavy atom. The normalized spacial score (nSPS) is 24.6. The summed E-state index contributed by atoms with van der Waals surface area (Å²) in [7, 11) is 0. The number of carbonyl (C=O) groups excluding carboxylic acids is 2. The number of hydrogen-bond acceptors (Lipinski definition) is 8. The Morgan fingerprint density at radius 3 is 2.70 bits per heavy atom. The molecule has 0 aliphatic carbocycles. The van der Waals surface area contributed by atoms with E-state index in [0.29, 0.717) is 35.6 Å². The van der Waals surface area contributed by atoms with E-state index in [1.807, 2.05) is 26.8 Å². The van der Waals surface area contributed by atoms with Crippen LogP contribution in [0.15, 0.2) is 43.0 Å². The third kappa shape index (κ3) is 4.07. The fourth-order valence-corrected chi connectivity index (χ4v) is 3.98. The van der Waals surface area contributed by atoms with E-state index in [0.717, 1.165) is 0 Å². The minimum atomic E-state index is -0.603. The highest BCUT2D eigenvalue weighted by atomic mass is 16.6. The van der Waals surface area contributed by atoms with Crippen LogP contribution in [0.25, 0.3) is 11.2 Å². The number of fused-ring (bicyclic) bond motifs is 2. The minimum absolute atomic E-state index is 0.190. The Hall–Kier alpha value is -3.37. The smallest absolute Gasteiger partial charge is 0.311 e. The summed E-state index contributed by atoms with van der Waals surface area (Å²) in [6, 6.07) is 8.88. The lowest BCUT2D eigenvalue weighted by Gasteiger charge is -2.23. The van der Waals surface area contributed by atoms with E-state index in [9.17, 15) is 9.59 Å². The van der Waals surface area contributed by atoms with Gasteiger partial charge in [0.25, 0.3) is 5.91 Å². The van der Waals surface area contributed by atoms with Gasteiger partial charge in [-0.15, -0.1) is 0 Å². The van der Waals surface area contributed by atoms with Crippen LogP contribution in [0.5, 0.6) is 0 Å². The molecular weight excluding hydrogens is 426 g/mol. The molecule has 10 nitrogen and oxygen atoms in total. The first-order valence-electron chi connectivity index (χ1n) is 10.8. The summed E-state index contributed by atoms with van der Waals surface area (Å²) in [6.07, 6.45) is 2.14. The monoisotopic (exact) mass is 451 g/mol. The molecule has 4 heterocycles. The van der Waals surface area contributed by atoms with E-state index in [4.69, 9.17) is 14.2 Å². The average Bonchev–Trinajstić information content (AvgIpc) is 3.49. The lowest BCUT2D eigenvalue weighted by molar-refractivity contribution is -0.165. The molecule has 2 saturated heterocycles. The van der Waals surface area contributed by atoms with Crippen molar-refractivity contribution in [1.29, 1.82) is 0 Å². The molecule has 0 radical (unpaired) electrons. The fraction of sp³-hybridized carbons (Fsp3) is 0.435. The number of anilines is 1. The van der Waals surface area contributed by atoms with Crippen molar-refractivity contribution in [3.8, 4) is 0 Å². The molecule has 3 aromatic rings. The van der Waals surface area contributed by atoms with Crippen molar-refractivity contribution in [3.05, 3.63) is 48.5 Å². The van der Waals surface area contributed by atoms with Gasteiger partial charge in [-0.2, -0.15) is 0 Å². The first-order valence-corrected chi connectivity index (χ1v) is 10.8. The maximum Gasteiger partial charge on any atom is 0.311 e. The van der Waals surface area contributed by atoms with Gasteiger partial charge in [-0.1, -0.05) is 18.2 Å². The second kappa shape index (κ2) is 8.20. The number of rotatable bonds is 4. The fourth-order valence-electron chi connectivity index (χ4n) is 3.98. The maximum absolute atomic E-state index is 12.6. The number of nitrogens with zero attached hydrogens (tertiary/aromatic N) is 4. The Balaban J connectivity index is 1.34. The Kier molecular flexibility index (Phi) is 5.34. The molecule has 1 N–H and O–H groups in total. The highest BCUT2D eigenvalue weighted by Crippen LogP contribution is 2.39. The Labute approximate surface area is 190 Å². The molecule has 33 heavy (non-hydrogen) atoms. The van der Waals surface area contributed by atoms with Crippen LogP contribution in [0, 0.1) is 5.41 Å². The van der Waals surface area contributed by atoms with E-state index in [1.54, 1.807) is 35.2 Å². The van der Waals surface area contributed by atoms with Crippen LogP contribution >= 0.6 is 0 Å². The lowest BCUT2D eigenvalue weighted by Crippen LogP contribution is -2.36. The van der Waals surface area contributed by atoms with E-state index in [-0.39, 0.29) is 24.1 Å². The number of aromatic nitrogens is 4. The molecule has 0 bridgehead atoms. The first kappa shape index (κ1) is 21.5. The van der Waals surface area contributed by atoms with Crippen LogP contribution < -0.4 is 5.32 Å². The number of benzene rings is 1. The van der Waals surface area contributed by atoms with E-state index in [1.165, 1.54) is 6.33 Å². The highest BCUT2D eigenvalue weighted by molar-refractivity contribution is 6.06. The summed E-state index contributed by atoms with van der Waals surface area (Å²) in [6.45, 7) is 5.75. The van der Waals surface area contributed by atoms with Gasteiger partial charge in [0, 0.05) is 12.0 Å². The van der Waals surface area contributed by atoms with Crippen molar-refractivity contribution in [2.24, 2.45) is 5.41 Å². The molecule has 2 fully saturated rings. The van der Waals surface area contributed by atoms with Crippen LogP contribution in [0.1, 0.15) is 43.8 Å². The van der Waals surface area contributed by atoms with Gasteiger partial charge in [-0.3, -0.25) is 14.2 Å². The van der Waals surface area contributed by atoms with Gasteiger partial charge < -0.3 is 19.5 Å². The number of nitrogens with one attached hydrogen (secondary N) is 1. The van der Waals surface area contributed by atoms with Gasteiger partial charge in [-0.05, 0) is 32.9 Å². The molecule has 5 rings (SSSR count). The predicted molar refractivity (Wildman–Crippen MR) is 117 cm³/mol. The molecule has 0 spiro atoms. The van der Waals surface area contributed by atoms with Gasteiger partial charge in [0.2, 0.25) is 0 Å². The summed E-state index contributed by atoms with van der Waals surface area (Å²) in [5.41, 5.74) is 0.901. The summed E-state index contributed by atoms with van der Waals surface area (Å²) in [5.74, 6) is -0.254.